The summed E-state index contributed by atoms with van der Waals surface area (Å²) < 4.78 is 28.0. The Bertz CT molecular complexity index is 1030. The van der Waals surface area contributed by atoms with Gasteiger partial charge in [-0.05, 0) is 49.2 Å². The van der Waals surface area contributed by atoms with Crippen LogP contribution in [-0.4, -0.2) is 52.4 Å². The summed E-state index contributed by atoms with van der Waals surface area (Å²) in [7, 11) is 6.90. The maximum Gasteiger partial charge on any atom is 0.231 e. The number of likely N-dealkylation sites (N-methyl/N-ethyl adjacent to an activating group) is 1. The number of ether oxygens (including phenoxy) is 5. The fraction of sp³-hybridized carbons (Fsp3) is 0.435. The van der Waals surface area contributed by atoms with E-state index in [0.29, 0.717) is 40.7 Å². The second-order valence-electron chi connectivity index (χ2n) is 7.93. The molecule has 7 nitrogen and oxygen atoms in total. The lowest BCUT2D eigenvalue weighted by atomic mass is 9.82. The number of fused-ring (bicyclic) bond motifs is 3. The average Bonchev–Trinajstić information content (AvgIpc) is 3.35. The molecule has 0 unspecified atom stereocenters. The molecule has 3 aliphatic rings. The molecule has 0 aromatic heterocycles. The SMILES string of the molecule is COc1cc2c(cc1OC)C(=O)[C@H]([C@@H]1c3c(cc4c(c3OC)OCO4)CCN1C)C2. The van der Waals surface area contributed by atoms with Gasteiger partial charge in [0.2, 0.25) is 12.5 Å². The van der Waals surface area contributed by atoms with Crippen molar-refractivity contribution in [3.05, 3.63) is 40.5 Å². The van der Waals surface area contributed by atoms with E-state index in [9.17, 15) is 4.79 Å². The highest BCUT2D eigenvalue weighted by Crippen LogP contribution is 2.53. The maximum atomic E-state index is 13.5. The number of Topliss-reactive ketones (excluding diaryl/α,β-unsaturated/α-hetero) is 1. The zero-order valence-electron chi connectivity index (χ0n) is 17.6. The quantitative estimate of drug-likeness (QED) is 0.766. The number of carbonyl (C=O) groups excluding carboxylic acids is 1. The van der Waals surface area contributed by atoms with Gasteiger partial charge in [0.15, 0.2) is 28.8 Å². The van der Waals surface area contributed by atoms with E-state index in [-0.39, 0.29) is 24.5 Å². The van der Waals surface area contributed by atoms with Crippen molar-refractivity contribution in [3.63, 3.8) is 0 Å². The molecule has 0 fully saturated rings. The number of hydrogen-bond acceptors (Lipinski definition) is 7. The summed E-state index contributed by atoms with van der Waals surface area (Å²) in [6, 6.07) is 5.65. The second kappa shape index (κ2) is 7.09. The third kappa shape index (κ3) is 2.65. The first-order valence-electron chi connectivity index (χ1n) is 10.1. The smallest absolute Gasteiger partial charge is 0.231 e. The molecule has 2 aliphatic heterocycles. The first-order chi connectivity index (χ1) is 14.6. The van der Waals surface area contributed by atoms with Crippen molar-refractivity contribution in [2.45, 2.75) is 18.9 Å². The van der Waals surface area contributed by atoms with Gasteiger partial charge in [0.25, 0.3) is 0 Å². The number of ketones is 1. The van der Waals surface area contributed by atoms with Crippen molar-refractivity contribution in [3.8, 4) is 28.7 Å². The van der Waals surface area contributed by atoms with Gasteiger partial charge in [0.1, 0.15) is 0 Å². The summed E-state index contributed by atoms with van der Waals surface area (Å²) in [5, 5.41) is 0. The fourth-order valence-electron chi connectivity index (χ4n) is 5.08. The molecule has 2 aromatic carbocycles. The highest BCUT2D eigenvalue weighted by atomic mass is 16.7. The third-order valence-electron chi connectivity index (χ3n) is 6.48. The standard InChI is InChI=1S/C23H25NO6/c1-24-6-5-12-8-18-22(30-11-29-18)23(28-4)19(12)20(24)15-7-13-9-16(26-2)17(27-3)10-14(13)21(15)25/h8-10,15,20H,5-7,11H2,1-4H3/t15-,20+/m0/s1. The average molecular weight is 411 g/mol. The lowest BCUT2D eigenvalue weighted by Crippen LogP contribution is -2.39. The summed E-state index contributed by atoms with van der Waals surface area (Å²) in [6.45, 7) is 1.04. The Labute approximate surface area is 175 Å². The van der Waals surface area contributed by atoms with Crippen molar-refractivity contribution in [1.29, 1.82) is 0 Å². The van der Waals surface area contributed by atoms with E-state index in [2.05, 4.69) is 11.9 Å². The van der Waals surface area contributed by atoms with Crippen LogP contribution in [0, 0.1) is 5.92 Å². The Hall–Kier alpha value is -2.93. The van der Waals surface area contributed by atoms with Gasteiger partial charge in [0.05, 0.1) is 21.3 Å². The highest BCUT2D eigenvalue weighted by Gasteiger charge is 2.44. The molecule has 2 aromatic rings. The van der Waals surface area contributed by atoms with Crippen LogP contribution in [0.1, 0.15) is 33.1 Å². The molecule has 0 spiro atoms. The van der Waals surface area contributed by atoms with Crippen molar-refractivity contribution < 1.29 is 28.5 Å². The molecular formula is C23H25NO6. The van der Waals surface area contributed by atoms with Crippen molar-refractivity contribution in [2.24, 2.45) is 5.92 Å². The molecule has 5 rings (SSSR count). The van der Waals surface area contributed by atoms with Crippen molar-refractivity contribution in [2.75, 3.05) is 41.7 Å². The summed E-state index contributed by atoms with van der Waals surface area (Å²) >= 11 is 0. The van der Waals surface area contributed by atoms with Crippen LogP contribution in [0.15, 0.2) is 18.2 Å². The van der Waals surface area contributed by atoms with Crippen molar-refractivity contribution >= 4 is 5.78 Å². The van der Waals surface area contributed by atoms with E-state index in [1.807, 2.05) is 12.1 Å². The van der Waals surface area contributed by atoms with Crippen LogP contribution in [0.25, 0.3) is 0 Å². The van der Waals surface area contributed by atoms with Crippen LogP contribution in [-0.2, 0) is 12.8 Å². The molecule has 30 heavy (non-hydrogen) atoms. The van der Waals surface area contributed by atoms with Gasteiger partial charge in [-0.1, -0.05) is 0 Å². The van der Waals surface area contributed by atoms with Crippen LogP contribution in [0.4, 0.5) is 0 Å². The van der Waals surface area contributed by atoms with Crippen LogP contribution < -0.4 is 23.7 Å². The van der Waals surface area contributed by atoms with Gasteiger partial charge in [0, 0.05) is 29.6 Å². The molecule has 7 heteroatoms. The molecule has 158 valence electrons. The Morgan fingerprint density at radius 3 is 2.50 bits per heavy atom. The molecule has 2 heterocycles. The molecule has 0 amide bonds. The highest BCUT2D eigenvalue weighted by molar-refractivity contribution is 6.03. The fourth-order valence-corrected chi connectivity index (χ4v) is 5.08. The van der Waals surface area contributed by atoms with E-state index in [4.69, 9.17) is 23.7 Å². The minimum Gasteiger partial charge on any atom is -0.493 e. The first-order valence-corrected chi connectivity index (χ1v) is 10.1. The lowest BCUT2D eigenvalue weighted by molar-refractivity contribution is 0.0816. The van der Waals surface area contributed by atoms with E-state index < -0.39 is 0 Å². The Morgan fingerprint density at radius 2 is 1.77 bits per heavy atom. The monoisotopic (exact) mass is 411 g/mol. The normalized spacial score (nSPS) is 21.9. The van der Waals surface area contributed by atoms with E-state index >= 15 is 0 Å². The van der Waals surface area contributed by atoms with Gasteiger partial charge in [-0.2, -0.15) is 0 Å². The largest absolute Gasteiger partial charge is 0.493 e. The number of rotatable bonds is 4. The molecular weight excluding hydrogens is 386 g/mol. The summed E-state index contributed by atoms with van der Waals surface area (Å²) in [5.74, 6) is 3.12. The van der Waals surface area contributed by atoms with E-state index in [1.165, 1.54) is 0 Å². The molecule has 2 atom stereocenters. The minimum absolute atomic E-state index is 0.116. The summed E-state index contributed by atoms with van der Waals surface area (Å²) in [4.78, 5) is 15.8. The maximum absolute atomic E-state index is 13.5. The number of hydrogen-bond donors (Lipinski definition) is 0. The van der Waals surface area contributed by atoms with Crippen LogP contribution in [0.5, 0.6) is 28.7 Å². The Kier molecular flexibility index (Phi) is 4.50. The Morgan fingerprint density at radius 1 is 1.00 bits per heavy atom. The second-order valence-corrected chi connectivity index (χ2v) is 7.93. The predicted molar refractivity (Wildman–Crippen MR) is 109 cm³/mol. The summed E-state index contributed by atoms with van der Waals surface area (Å²) in [6.07, 6.45) is 1.51. The topological polar surface area (TPSA) is 66.5 Å². The van der Waals surface area contributed by atoms with Crippen molar-refractivity contribution in [1.82, 2.24) is 4.90 Å². The lowest BCUT2D eigenvalue weighted by Gasteiger charge is -2.38. The van der Waals surface area contributed by atoms with Gasteiger partial charge in [-0.3, -0.25) is 9.69 Å². The molecule has 0 bridgehead atoms. The Balaban J connectivity index is 1.61. The van der Waals surface area contributed by atoms with Gasteiger partial charge < -0.3 is 23.7 Å². The summed E-state index contributed by atoms with van der Waals surface area (Å²) in [5.41, 5.74) is 3.87. The minimum atomic E-state index is -0.227. The zero-order chi connectivity index (χ0) is 21.0. The van der Waals surface area contributed by atoms with Crippen LogP contribution >= 0.6 is 0 Å². The molecule has 1 aliphatic carbocycles. The molecule has 0 radical (unpaired) electrons. The number of methoxy groups -OCH3 is 3. The van der Waals surface area contributed by atoms with Gasteiger partial charge in [-0.25, -0.2) is 0 Å². The van der Waals surface area contributed by atoms with Crippen LogP contribution in [0.2, 0.25) is 0 Å². The number of benzene rings is 2. The van der Waals surface area contributed by atoms with Crippen LogP contribution in [0.3, 0.4) is 0 Å². The van der Waals surface area contributed by atoms with E-state index in [0.717, 1.165) is 29.7 Å². The molecule has 0 saturated heterocycles. The number of nitrogens with zero attached hydrogens (tertiary/aromatic N) is 1. The zero-order valence-corrected chi connectivity index (χ0v) is 17.6. The first kappa shape index (κ1) is 19.1. The molecule has 0 saturated carbocycles. The molecule has 0 N–H and O–H groups in total. The van der Waals surface area contributed by atoms with Gasteiger partial charge >= 0.3 is 0 Å². The third-order valence-corrected chi connectivity index (χ3v) is 6.48. The predicted octanol–water partition coefficient (Wildman–Crippen LogP) is 3.03. The van der Waals surface area contributed by atoms with E-state index in [1.54, 1.807) is 27.4 Å². The number of carbonyl (C=O) groups is 1. The van der Waals surface area contributed by atoms with Gasteiger partial charge in [-0.15, -0.1) is 0 Å².